The third-order valence-corrected chi connectivity index (χ3v) is 3.16. The molecule has 2 rings (SSSR count). The summed E-state index contributed by atoms with van der Waals surface area (Å²) < 4.78 is 16.5. The largest absolute Gasteiger partial charge is 0.424 e. The second-order valence-corrected chi connectivity index (χ2v) is 5.51. The molecule has 0 amide bonds. The first kappa shape index (κ1) is 15.0. The van der Waals surface area contributed by atoms with Gasteiger partial charge in [0.15, 0.2) is 11.9 Å². The second kappa shape index (κ2) is 5.52. The van der Waals surface area contributed by atoms with Crippen molar-refractivity contribution in [1.29, 1.82) is 0 Å². The van der Waals surface area contributed by atoms with Crippen molar-refractivity contribution >= 4 is 5.97 Å². The van der Waals surface area contributed by atoms with Crippen molar-refractivity contribution in [3.05, 3.63) is 29.8 Å². The van der Waals surface area contributed by atoms with E-state index in [2.05, 4.69) is 0 Å². The number of benzene rings is 1. The number of para-hydroxylation sites is 1. The van der Waals surface area contributed by atoms with Gasteiger partial charge in [0.25, 0.3) is 0 Å². The van der Waals surface area contributed by atoms with E-state index >= 15 is 0 Å². The van der Waals surface area contributed by atoms with Gasteiger partial charge in [0.2, 0.25) is 0 Å². The number of rotatable bonds is 3. The van der Waals surface area contributed by atoms with Crippen molar-refractivity contribution in [2.75, 3.05) is 0 Å². The van der Waals surface area contributed by atoms with Gasteiger partial charge >= 0.3 is 5.97 Å². The van der Waals surface area contributed by atoms with Gasteiger partial charge in [-0.3, -0.25) is 0 Å². The molecule has 110 valence electrons. The van der Waals surface area contributed by atoms with Crippen molar-refractivity contribution in [3.63, 3.8) is 0 Å². The summed E-state index contributed by atoms with van der Waals surface area (Å²) in [6.45, 7) is 7.17. The van der Waals surface area contributed by atoms with E-state index in [1.54, 1.807) is 32.9 Å². The Morgan fingerprint density at radius 2 is 2.00 bits per heavy atom. The quantitative estimate of drug-likeness (QED) is 0.678. The minimum absolute atomic E-state index is 0.214. The van der Waals surface area contributed by atoms with Crippen LogP contribution in [0.4, 0.5) is 0 Å². The fourth-order valence-electron chi connectivity index (χ4n) is 2.29. The van der Waals surface area contributed by atoms with Crippen LogP contribution < -0.4 is 10.5 Å². The topological polar surface area (TPSA) is 70.8 Å². The van der Waals surface area contributed by atoms with Crippen molar-refractivity contribution < 1.29 is 19.0 Å². The maximum absolute atomic E-state index is 12.2. The van der Waals surface area contributed by atoms with Crippen LogP contribution in [0.1, 0.15) is 39.3 Å². The maximum Gasteiger partial charge on any atom is 0.343 e. The third-order valence-electron chi connectivity index (χ3n) is 3.16. The molecule has 5 nitrogen and oxygen atoms in total. The second-order valence-electron chi connectivity index (χ2n) is 5.51. The van der Waals surface area contributed by atoms with Gasteiger partial charge in [-0.2, -0.15) is 0 Å². The highest BCUT2D eigenvalue weighted by molar-refractivity contribution is 5.78. The Hall–Kier alpha value is -1.43. The highest BCUT2D eigenvalue weighted by Gasteiger charge is 2.44. The molecule has 0 aliphatic carbocycles. The van der Waals surface area contributed by atoms with Crippen molar-refractivity contribution in [2.24, 2.45) is 5.73 Å². The van der Waals surface area contributed by atoms with E-state index in [0.29, 0.717) is 5.75 Å². The molecular weight excluding hydrogens is 258 g/mol. The summed E-state index contributed by atoms with van der Waals surface area (Å²) in [7, 11) is 0. The number of hydrogen-bond acceptors (Lipinski definition) is 5. The lowest BCUT2D eigenvalue weighted by Gasteiger charge is -2.17. The number of ether oxygens (including phenoxy) is 3. The molecule has 2 N–H and O–H groups in total. The molecule has 3 atom stereocenters. The predicted molar refractivity (Wildman–Crippen MR) is 74.2 cm³/mol. The molecular formula is C15H21NO4. The van der Waals surface area contributed by atoms with E-state index in [-0.39, 0.29) is 12.1 Å². The Bertz CT molecular complexity index is 498. The van der Waals surface area contributed by atoms with Crippen LogP contribution in [-0.2, 0) is 14.3 Å². The van der Waals surface area contributed by atoms with Gasteiger partial charge in [-0.05, 0) is 33.8 Å². The number of hydrogen-bond donors (Lipinski definition) is 1. The summed E-state index contributed by atoms with van der Waals surface area (Å²) in [6.07, 6.45) is -1.08. The Balaban J connectivity index is 2.13. The molecule has 1 aromatic carbocycles. The molecule has 1 aromatic rings. The number of carbonyl (C=O) groups excluding carboxylic acids is 1. The fraction of sp³-hybridized carbons (Fsp3) is 0.533. The summed E-state index contributed by atoms with van der Waals surface area (Å²) in [5.41, 5.74) is 6.65. The minimum Gasteiger partial charge on any atom is -0.424 e. The van der Waals surface area contributed by atoms with Crippen molar-refractivity contribution in [2.45, 2.75) is 51.7 Å². The zero-order valence-electron chi connectivity index (χ0n) is 12.3. The lowest BCUT2D eigenvalue weighted by atomic mass is 10.1. The summed E-state index contributed by atoms with van der Waals surface area (Å²) in [5.74, 6) is -0.770. The molecule has 2 unspecified atom stereocenters. The van der Waals surface area contributed by atoms with Gasteiger partial charge in [0.1, 0.15) is 5.75 Å². The minimum atomic E-state index is -0.774. The summed E-state index contributed by atoms with van der Waals surface area (Å²) in [4.78, 5) is 12.2. The van der Waals surface area contributed by atoms with E-state index in [9.17, 15) is 4.79 Å². The van der Waals surface area contributed by atoms with E-state index in [1.165, 1.54) is 0 Å². The lowest BCUT2D eigenvalue weighted by Crippen LogP contribution is -2.34. The van der Waals surface area contributed by atoms with Crippen molar-refractivity contribution in [3.8, 4) is 5.75 Å². The molecule has 0 aromatic heterocycles. The molecule has 20 heavy (non-hydrogen) atoms. The van der Waals surface area contributed by atoms with Crippen LogP contribution in [0.3, 0.4) is 0 Å². The molecule has 5 heteroatoms. The molecule has 1 aliphatic rings. The van der Waals surface area contributed by atoms with Crippen LogP contribution in [-0.4, -0.2) is 24.0 Å². The highest BCUT2D eigenvalue weighted by atomic mass is 16.8. The van der Waals surface area contributed by atoms with Gasteiger partial charge in [-0.25, -0.2) is 4.79 Å². The van der Waals surface area contributed by atoms with E-state index < -0.39 is 17.9 Å². The van der Waals surface area contributed by atoms with Crippen LogP contribution in [0.25, 0.3) is 0 Å². The first-order valence-electron chi connectivity index (χ1n) is 6.72. The number of esters is 1. The van der Waals surface area contributed by atoms with Crippen molar-refractivity contribution in [1.82, 2.24) is 0 Å². The maximum atomic E-state index is 12.2. The molecule has 0 bridgehead atoms. The van der Waals surface area contributed by atoms with Gasteiger partial charge in [-0.15, -0.1) is 0 Å². The highest BCUT2D eigenvalue weighted by Crippen LogP contribution is 2.30. The molecule has 0 radical (unpaired) electrons. The van der Waals surface area contributed by atoms with Gasteiger partial charge < -0.3 is 19.9 Å². The standard InChI is InChI=1S/C15H21NO4/c1-9(16)11-7-5-6-8-12(11)18-14(17)13-10(2)19-15(3,4)20-13/h5-10,13H,16H2,1-4H3/t9?,10-,13?/m0/s1. The third kappa shape index (κ3) is 3.17. The first-order chi connectivity index (χ1) is 9.30. The lowest BCUT2D eigenvalue weighted by molar-refractivity contribution is -0.163. The summed E-state index contributed by atoms with van der Waals surface area (Å²) >= 11 is 0. The average molecular weight is 279 g/mol. The van der Waals surface area contributed by atoms with Crippen LogP contribution in [0.5, 0.6) is 5.75 Å². The van der Waals surface area contributed by atoms with Gasteiger partial charge in [-0.1, -0.05) is 18.2 Å². The number of carbonyl (C=O) groups is 1. The molecule has 0 spiro atoms. The normalized spacial score (nSPS) is 26.2. The zero-order chi connectivity index (χ0) is 14.9. The summed E-state index contributed by atoms with van der Waals surface area (Å²) in [6, 6.07) is 7.01. The number of nitrogens with two attached hydrogens (primary N) is 1. The smallest absolute Gasteiger partial charge is 0.343 e. The Labute approximate surface area is 119 Å². The average Bonchev–Trinajstić information content (AvgIpc) is 2.63. The van der Waals surface area contributed by atoms with Gasteiger partial charge in [0.05, 0.1) is 6.10 Å². The Morgan fingerprint density at radius 3 is 2.55 bits per heavy atom. The molecule has 1 heterocycles. The van der Waals surface area contributed by atoms with Gasteiger partial charge in [0, 0.05) is 11.6 Å². The van der Waals surface area contributed by atoms with Crippen LogP contribution in [0.2, 0.25) is 0 Å². The van der Waals surface area contributed by atoms with E-state index in [4.69, 9.17) is 19.9 Å². The molecule has 1 fully saturated rings. The molecule has 1 aliphatic heterocycles. The Morgan fingerprint density at radius 1 is 1.35 bits per heavy atom. The monoisotopic (exact) mass is 279 g/mol. The molecule has 0 saturated carbocycles. The Kier molecular flexibility index (Phi) is 4.13. The first-order valence-corrected chi connectivity index (χ1v) is 6.72. The summed E-state index contributed by atoms with van der Waals surface area (Å²) in [5, 5.41) is 0. The van der Waals surface area contributed by atoms with E-state index in [1.807, 2.05) is 19.1 Å². The fourth-order valence-corrected chi connectivity index (χ4v) is 2.29. The molecule has 1 saturated heterocycles. The SMILES string of the molecule is CC(N)c1ccccc1OC(=O)C1OC(C)(C)O[C@H]1C. The zero-order valence-corrected chi connectivity index (χ0v) is 12.3. The van der Waals surface area contributed by atoms with Crippen LogP contribution >= 0.6 is 0 Å². The van der Waals surface area contributed by atoms with Crippen LogP contribution in [0, 0.1) is 0 Å². The van der Waals surface area contributed by atoms with E-state index in [0.717, 1.165) is 5.56 Å². The van der Waals surface area contributed by atoms with Crippen LogP contribution in [0.15, 0.2) is 24.3 Å². The predicted octanol–water partition coefficient (Wildman–Crippen LogP) is 2.15.